The average molecular weight is 312 g/mol. The molecule has 1 atom stereocenters. The summed E-state index contributed by atoms with van der Waals surface area (Å²) in [6.45, 7) is 5.43. The summed E-state index contributed by atoms with van der Waals surface area (Å²) in [7, 11) is 0. The molecule has 0 radical (unpaired) electrons. The van der Waals surface area contributed by atoms with E-state index >= 15 is 0 Å². The van der Waals surface area contributed by atoms with Crippen LogP contribution in [-0.2, 0) is 6.42 Å². The second kappa shape index (κ2) is 7.60. The highest BCUT2D eigenvalue weighted by molar-refractivity contribution is 6.30. The molecule has 1 aromatic rings. The van der Waals surface area contributed by atoms with Crippen LogP contribution in [-0.4, -0.2) is 12.6 Å². The minimum atomic E-state index is -0.236. The third kappa shape index (κ3) is 4.69. The molecule has 0 heterocycles. The molecule has 21 heavy (non-hydrogen) atoms. The summed E-state index contributed by atoms with van der Waals surface area (Å²) in [6, 6.07) is 6.06. The predicted octanol–water partition coefficient (Wildman–Crippen LogP) is 5.36. The Kier molecular flexibility index (Phi) is 6.07. The number of benzene rings is 1. The number of nitrogens with one attached hydrogen (secondary N) is 1. The molecule has 0 spiro atoms. The maximum atomic E-state index is 14.2. The van der Waals surface area contributed by atoms with Crippen LogP contribution in [0, 0.1) is 11.2 Å². The molecular formula is C18H27ClFN. The Balaban J connectivity index is 2.13. The highest BCUT2D eigenvalue weighted by Gasteiger charge is 2.32. The van der Waals surface area contributed by atoms with Crippen LogP contribution in [0.2, 0.25) is 5.02 Å². The highest BCUT2D eigenvalue weighted by atomic mass is 35.5. The number of halogens is 2. The Morgan fingerprint density at radius 1 is 1.33 bits per heavy atom. The van der Waals surface area contributed by atoms with Gasteiger partial charge >= 0.3 is 0 Å². The zero-order chi connectivity index (χ0) is 15.3. The largest absolute Gasteiger partial charge is 0.313 e. The first-order chi connectivity index (χ1) is 10.1. The molecule has 0 saturated heterocycles. The molecule has 0 aromatic heterocycles. The molecule has 1 fully saturated rings. The fraction of sp³-hybridized carbons (Fsp3) is 0.667. The average Bonchev–Trinajstić information content (AvgIpc) is 3.31. The molecule has 1 nitrogen and oxygen atoms in total. The maximum absolute atomic E-state index is 14.2. The van der Waals surface area contributed by atoms with Crippen molar-refractivity contribution in [2.45, 2.75) is 64.8 Å². The molecule has 118 valence electrons. The Morgan fingerprint density at radius 3 is 2.71 bits per heavy atom. The molecule has 3 heteroatoms. The van der Waals surface area contributed by atoms with Crippen LogP contribution in [0.15, 0.2) is 18.2 Å². The highest BCUT2D eigenvalue weighted by Crippen LogP contribution is 2.35. The van der Waals surface area contributed by atoms with Gasteiger partial charge in [0.2, 0.25) is 0 Å². The minimum Gasteiger partial charge on any atom is -0.313 e. The predicted molar refractivity (Wildman–Crippen MR) is 88.4 cm³/mol. The molecule has 1 aromatic carbocycles. The van der Waals surface area contributed by atoms with Gasteiger partial charge in [0.25, 0.3) is 0 Å². The van der Waals surface area contributed by atoms with Crippen molar-refractivity contribution in [2.24, 2.45) is 5.41 Å². The standard InChI is InChI=1S/C18H27ClFN/c1-3-5-11-18(4-2,13-21-15-9-10-15)12-14-7-6-8-16(19)17(14)20/h6-8,15,21H,3-5,9-13H2,1-2H3. The van der Waals surface area contributed by atoms with Gasteiger partial charge in [-0.15, -0.1) is 0 Å². The van der Waals surface area contributed by atoms with E-state index in [-0.39, 0.29) is 16.3 Å². The first-order valence-corrected chi connectivity index (χ1v) is 8.64. The molecule has 1 aliphatic carbocycles. The monoisotopic (exact) mass is 311 g/mol. The van der Waals surface area contributed by atoms with Crippen LogP contribution in [0.1, 0.15) is 57.9 Å². The van der Waals surface area contributed by atoms with Crippen molar-refractivity contribution >= 4 is 11.6 Å². The number of hydrogen-bond acceptors (Lipinski definition) is 1. The van der Waals surface area contributed by atoms with Crippen LogP contribution in [0.5, 0.6) is 0 Å². The van der Waals surface area contributed by atoms with E-state index in [9.17, 15) is 4.39 Å². The summed E-state index contributed by atoms with van der Waals surface area (Å²) in [6.07, 6.45) is 7.95. The molecule has 0 amide bonds. The Morgan fingerprint density at radius 2 is 2.10 bits per heavy atom. The summed E-state index contributed by atoms with van der Waals surface area (Å²) < 4.78 is 14.2. The lowest BCUT2D eigenvalue weighted by molar-refractivity contribution is 0.226. The van der Waals surface area contributed by atoms with E-state index in [4.69, 9.17) is 11.6 Å². The number of unbranched alkanes of at least 4 members (excludes halogenated alkanes) is 1. The van der Waals surface area contributed by atoms with Crippen LogP contribution in [0.25, 0.3) is 0 Å². The summed E-state index contributed by atoms with van der Waals surface area (Å²) in [5.41, 5.74) is 0.905. The fourth-order valence-electron chi connectivity index (χ4n) is 2.96. The van der Waals surface area contributed by atoms with Crippen molar-refractivity contribution in [2.75, 3.05) is 6.54 Å². The topological polar surface area (TPSA) is 12.0 Å². The van der Waals surface area contributed by atoms with Gasteiger partial charge in [0.1, 0.15) is 5.82 Å². The number of hydrogen-bond donors (Lipinski definition) is 1. The third-order valence-corrected chi connectivity index (χ3v) is 5.04. The summed E-state index contributed by atoms with van der Waals surface area (Å²) in [4.78, 5) is 0. The molecular weight excluding hydrogens is 285 g/mol. The maximum Gasteiger partial charge on any atom is 0.144 e. The van der Waals surface area contributed by atoms with Gasteiger partial charge in [-0.25, -0.2) is 4.39 Å². The summed E-state index contributed by atoms with van der Waals surface area (Å²) >= 11 is 5.94. The summed E-state index contributed by atoms with van der Waals surface area (Å²) in [5, 5.41) is 3.90. The van der Waals surface area contributed by atoms with E-state index in [1.807, 2.05) is 12.1 Å². The zero-order valence-electron chi connectivity index (χ0n) is 13.2. The lowest BCUT2D eigenvalue weighted by atomic mass is 9.75. The van der Waals surface area contributed by atoms with Gasteiger partial charge in [-0.05, 0) is 49.1 Å². The quantitative estimate of drug-likeness (QED) is 0.647. The van der Waals surface area contributed by atoms with Crippen molar-refractivity contribution in [3.05, 3.63) is 34.6 Å². The van der Waals surface area contributed by atoms with Crippen molar-refractivity contribution in [1.29, 1.82) is 0 Å². The lowest BCUT2D eigenvalue weighted by Gasteiger charge is -2.34. The minimum absolute atomic E-state index is 0.143. The summed E-state index contributed by atoms with van der Waals surface area (Å²) in [5.74, 6) is -0.236. The molecule has 0 aliphatic heterocycles. The second-order valence-electron chi connectivity index (χ2n) is 6.50. The van der Waals surface area contributed by atoms with Crippen molar-refractivity contribution in [3.63, 3.8) is 0 Å². The SMILES string of the molecule is CCCCC(CC)(CNC1CC1)Cc1cccc(Cl)c1F. The van der Waals surface area contributed by atoms with Crippen molar-refractivity contribution < 1.29 is 4.39 Å². The van der Waals surface area contributed by atoms with Gasteiger partial charge in [0.15, 0.2) is 0 Å². The van der Waals surface area contributed by atoms with Crippen molar-refractivity contribution in [1.82, 2.24) is 5.32 Å². The molecule has 1 aliphatic rings. The van der Waals surface area contributed by atoms with E-state index in [0.717, 1.165) is 31.4 Å². The van der Waals surface area contributed by atoms with E-state index < -0.39 is 0 Å². The van der Waals surface area contributed by atoms with E-state index in [1.165, 1.54) is 25.7 Å². The fourth-order valence-corrected chi connectivity index (χ4v) is 3.15. The van der Waals surface area contributed by atoms with Gasteiger partial charge in [-0.2, -0.15) is 0 Å². The smallest absolute Gasteiger partial charge is 0.144 e. The molecule has 1 saturated carbocycles. The Bertz CT molecular complexity index is 459. The zero-order valence-corrected chi connectivity index (χ0v) is 14.0. The molecule has 2 rings (SSSR count). The van der Waals surface area contributed by atoms with Gasteiger partial charge in [-0.1, -0.05) is 50.4 Å². The Hall–Kier alpha value is -0.600. The molecule has 1 N–H and O–H groups in total. The van der Waals surface area contributed by atoms with E-state index in [0.29, 0.717) is 6.04 Å². The van der Waals surface area contributed by atoms with E-state index in [1.54, 1.807) is 6.07 Å². The molecule has 1 unspecified atom stereocenters. The third-order valence-electron chi connectivity index (χ3n) is 4.75. The first kappa shape index (κ1) is 16.8. The van der Waals surface area contributed by atoms with Crippen LogP contribution >= 0.6 is 11.6 Å². The molecule has 0 bridgehead atoms. The van der Waals surface area contributed by atoms with Gasteiger partial charge < -0.3 is 5.32 Å². The normalized spacial score (nSPS) is 17.7. The lowest BCUT2D eigenvalue weighted by Crippen LogP contribution is -2.37. The van der Waals surface area contributed by atoms with Gasteiger partial charge in [0, 0.05) is 12.6 Å². The van der Waals surface area contributed by atoms with Gasteiger partial charge in [-0.3, -0.25) is 0 Å². The first-order valence-electron chi connectivity index (χ1n) is 8.26. The van der Waals surface area contributed by atoms with Crippen molar-refractivity contribution in [3.8, 4) is 0 Å². The van der Waals surface area contributed by atoms with E-state index in [2.05, 4.69) is 19.2 Å². The Labute approximate surface area is 133 Å². The number of rotatable bonds is 9. The second-order valence-corrected chi connectivity index (χ2v) is 6.91. The van der Waals surface area contributed by atoms with Crippen LogP contribution in [0.4, 0.5) is 4.39 Å². The van der Waals surface area contributed by atoms with Crippen LogP contribution in [0.3, 0.4) is 0 Å². The van der Waals surface area contributed by atoms with Crippen LogP contribution < -0.4 is 5.32 Å². The van der Waals surface area contributed by atoms with Gasteiger partial charge in [0.05, 0.1) is 5.02 Å².